The second-order valence-corrected chi connectivity index (χ2v) is 2.78. The van der Waals surface area contributed by atoms with Gasteiger partial charge < -0.3 is 10.1 Å². The summed E-state index contributed by atoms with van der Waals surface area (Å²) in [4.78, 5) is 22.2. The van der Waals surface area contributed by atoms with Crippen molar-refractivity contribution in [1.82, 2.24) is 5.32 Å². The summed E-state index contributed by atoms with van der Waals surface area (Å²) in [6.45, 7) is 0. The molecule has 15 heavy (non-hydrogen) atoms. The van der Waals surface area contributed by atoms with E-state index in [-0.39, 0.29) is 5.91 Å². The van der Waals surface area contributed by atoms with Gasteiger partial charge in [-0.3, -0.25) is 10.1 Å². The van der Waals surface area contributed by atoms with Gasteiger partial charge in [0.15, 0.2) is 0 Å². The Morgan fingerprint density at radius 3 is 2.67 bits per heavy atom. The molecule has 0 fully saturated rings. The Morgan fingerprint density at radius 1 is 1.33 bits per heavy atom. The van der Waals surface area contributed by atoms with Crippen molar-refractivity contribution in [3.8, 4) is 0 Å². The van der Waals surface area contributed by atoms with E-state index < -0.39 is 6.09 Å². The van der Waals surface area contributed by atoms with Crippen molar-refractivity contribution in [1.29, 1.82) is 0 Å². The summed E-state index contributed by atoms with van der Waals surface area (Å²) in [5.41, 5.74) is 0.995. The molecule has 2 N–H and O–H groups in total. The summed E-state index contributed by atoms with van der Waals surface area (Å²) in [5, 5.41) is 4.96. The lowest BCUT2D eigenvalue weighted by molar-refractivity contribution is 0.0963. The third-order valence-corrected chi connectivity index (χ3v) is 1.78. The highest BCUT2D eigenvalue weighted by atomic mass is 16.5. The van der Waals surface area contributed by atoms with Gasteiger partial charge in [-0.2, -0.15) is 0 Å². The molecular weight excluding hydrogens is 196 g/mol. The first-order valence-corrected chi connectivity index (χ1v) is 4.34. The van der Waals surface area contributed by atoms with Crippen molar-refractivity contribution < 1.29 is 14.3 Å². The van der Waals surface area contributed by atoms with Crippen LogP contribution in [0, 0.1) is 0 Å². The molecule has 0 spiro atoms. The van der Waals surface area contributed by atoms with Crippen LogP contribution < -0.4 is 10.6 Å². The van der Waals surface area contributed by atoms with Gasteiger partial charge in [-0.05, 0) is 18.2 Å². The molecule has 80 valence electrons. The maximum Gasteiger partial charge on any atom is 0.411 e. The number of amides is 2. The van der Waals surface area contributed by atoms with Crippen molar-refractivity contribution in [3.63, 3.8) is 0 Å². The van der Waals surface area contributed by atoms with Crippen molar-refractivity contribution in [3.05, 3.63) is 29.8 Å². The fraction of sp³-hybridized carbons (Fsp3) is 0.200. The first-order chi connectivity index (χ1) is 7.17. The number of ether oxygens (including phenoxy) is 1. The summed E-state index contributed by atoms with van der Waals surface area (Å²) in [6.07, 6.45) is -0.566. The van der Waals surface area contributed by atoms with Crippen LogP contribution in [0.1, 0.15) is 10.4 Å². The molecule has 2 amide bonds. The van der Waals surface area contributed by atoms with Crippen LogP contribution in [-0.2, 0) is 4.74 Å². The molecular formula is C10H12N2O3. The van der Waals surface area contributed by atoms with Crippen LogP contribution in [0.25, 0.3) is 0 Å². The molecule has 1 aromatic carbocycles. The minimum absolute atomic E-state index is 0.205. The number of nitrogens with one attached hydrogen (secondary N) is 2. The van der Waals surface area contributed by atoms with E-state index in [0.29, 0.717) is 11.3 Å². The number of carbonyl (C=O) groups is 2. The number of carbonyl (C=O) groups excluding carboxylic acids is 2. The van der Waals surface area contributed by atoms with Crippen molar-refractivity contribution in [2.45, 2.75) is 0 Å². The number of rotatable bonds is 2. The van der Waals surface area contributed by atoms with Crippen molar-refractivity contribution in [2.24, 2.45) is 0 Å². The summed E-state index contributed by atoms with van der Waals surface area (Å²) < 4.78 is 4.43. The van der Waals surface area contributed by atoms with E-state index in [1.54, 1.807) is 31.3 Å². The Labute approximate surface area is 87.4 Å². The van der Waals surface area contributed by atoms with E-state index in [1.807, 2.05) is 0 Å². The molecule has 1 rings (SSSR count). The van der Waals surface area contributed by atoms with Gasteiger partial charge in [-0.25, -0.2) is 4.79 Å². The lowest BCUT2D eigenvalue weighted by Crippen LogP contribution is -2.18. The zero-order valence-electron chi connectivity index (χ0n) is 8.53. The molecule has 0 aliphatic carbocycles. The third kappa shape index (κ3) is 2.98. The van der Waals surface area contributed by atoms with Crippen LogP contribution in [0.4, 0.5) is 10.5 Å². The Morgan fingerprint density at radius 2 is 2.07 bits per heavy atom. The smallest absolute Gasteiger partial charge is 0.411 e. The minimum Gasteiger partial charge on any atom is -0.453 e. The molecule has 0 aliphatic heterocycles. The lowest BCUT2D eigenvalue weighted by Gasteiger charge is -2.05. The number of hydrogen-bond donors (Lipinski definition) is 2. The first kappa shape index (κ1) is 11.0. The van der Waals surface area contributed by atoms with Crippen LogP contribution in [0.3, 0.4) is 0 Å². The molecule has 0 atom stereocenters. The zero-order chi connectivity index (χ0) is 11.3. The van der Waals surface area contributed by atoms with Gasteiger partial charge in [-0.15, -0.1) is 0 Å². The normalized spacial score (nSPS) is 9.20. The second-order valence-electron chi connectivity index (χ2n) is 2.78. The van der Waals surface area contributed by atoms with Gasteiger partial charge in [0.25, 0.3) is 5.91 Å². The quantitative estimate of drug-likeness (QED) is 0.768. The molecule has 0 heterocycles. The molecule has 0 aliphatic rings. The highest BCUT2D eigenvalue weighted by Crippen LogP contribution is 2.10. The van der Waals surface area contributed by atoms with Crippen LogP contribution in [0.5, 0.6) is 0 Å². The summed E-state index contributed by atoms with van der Waals surface area (Å²) in [7, 11) is 2.82. The lowest BCUT2D eigenvalue weighted by atomic mass is 10.2. The molecule has 0 radical (unpaired) electrons. The second kappa shape index (κ2) is 4.99. The van der Waals surface area contributed by atoms with Crippen molar-refractivity contribution >= 4 is 17.7 Å². The van der Waals surface area contributed by atoms with Gasteiger partial charge in [0.1, 0.15) is 0 Å². The van der Waals surface area contributed by atoms with Crippen LogP contribution in [-0.4, -0.2) is 26.2 Å². The molecule has 1 aromatic rings. The predicted octanol–water partition coefficient (Wildman–Crippen LogP) is 1.22. The molecule has 0 aromatic heterocycles. The van der Waals surface area contributed by atoms with Gasteiger partial charge >= 0.3 is 6.09 Å². The average molecular weight is 208 g/mol. The molecule has 0 bridgehead atoms. The number of methoxy groups -OCH3 is 1. The maximum atomic E-state index is 11.3. The predicted molar refractivity (Wildman–Crippen MR) is 55.9 cm³/mol. The highest BCUT2D eigenvalue weighted by molar-refractivity contribution is 5.96. The molecule has 5 nitrogen and oxygen atoms in total. The summed E-state index contributed by atoms with van der Waals surface area (Å²) in [5.74, 6) is -0.205. The Kier molecular flexibility index (Phi) is 3.68. The summed E-state index contributed by atoms with van der Waals surface area (Å²) in [6, 6.07) is 6.57. The molecule has 0 saturated carbocycles. The average Bonchev–Trinajstić information content (AvgIpc) is 2.28. The number of benzene rings is 1. The molecule has 0 unspecified atom stereocenters. The SMILES string of the molecule is CNC(=O)c1cccc(NC(=O)OC)c1. The van der Waals surface area contributed by atoms with Crippen LogP contribution >= 0.6 is 0 Å². The van der Waals surface area contributed by atoms with Crippen LogP contribution in [0.15, 0.2) is 24.3 Å². The van der Waals surface area contributed by atoms with Crippen molar-refractivity contribution in [2.75, 3.05) is 19.5 Å². The van der Waals surface area contributed by atoms with E-state index in [4.69, 9.17) is 0 Å². The standard InChI is InChI=1S/C10H12N2O3/c1-11-9(13)7-4-3-5-8(6-7)12-10(14)15-2/h3-6H,1-2H3,(H,11,13)(H,12,14). The Bertz CT molecular complexity index is 377. The zero-order valence-corrected chi connectivity index (χ0v) is 8.53. The highest BCUT2D eigenvalue weighted by Gasteiger charge is 2.05. The number of hydrogen-bond acceptors (Lipinski definition) is 3. The molecule has 5 heteroatoms. The monoisotopic (exact) mass is 208 g/mol. The van der Waals surface area contributed by atoms with E-state index in [9.17, 15) is 9.59 Å². The van der Waals surface area contributed by atoms with Crippen LogP contribution in [0.2, 0.25) is 0 Å². The van der Waals surface area contributed by atoms with E-state index in [2.05, 4.69) is 15.4 Å². The van der Waals surface area contributed by atoms with Gasteiger partial charge in [0.2, 0.25) is 0 Å². The summed E-state index contributed by atoms with van der Waals surface area (Å²) >= 11 is 0. The van der Waals surface area contributed by atoms with Gasteiger partial charge in [0, 0.05) is 18.3 Å². The third-order valence-electron chi connectivity index (χ3n) is 1.78. The van der Waals surface area contributed by atoms with Gasteiger partial charge in [0.05, 0.1) is 7.11 Å². The fourth-order valence-electron chi connectivity index (χ4n) is 1.05. The largest absolute Gasteiger partial charge is 0.453 e. The van der Waals surface area contributed by atoms with E-state index in [0.717, 1.165) is 0 Å². The maximum absolute atomic E-state index is 11.3. The van der Waals surface area contributed by atoms with Gasteiger partial charge in [-0.1, -0.05) is 6.07 Å². The van der Waals surface area contributed by atoms with E-state index >= 15 is 0 Å². The topological polar surface area (TPSA) is 67.4 Å². The number of anilines is 1. The Hall–Kier alpha value is -2.04. The Balaban J connectivity index is 2.83. The minimum atomic E-state index is -0.566. The first-order valence-electron chi connectivity index (χ1n) is 4.34. The fourth-order valence-corrected chi connectivity index (χ4v) is 1.05. The van der Waals surface area contributed by atoms with E-state index in [1.165, 1.54) is 7.11 Å². The molecule has 0 saturated heterocycles.